The zero-order valence-corrected chi connectivity index (χ0v) is 34.9. The summed E-state index contributed by atoms with van der Waals surface area (Å²) in [7, 11) is -3.96. The minimum atomic E-state index is -3.96. The third kappa shape index (κ3) is 11.3. The van der Waals surface area contributed by atoms with Crippen LogP contribution in [0.3, 0.4) is 0 Å². The van der Waals surface area contributed by atoms with Crippen molar-refractivity contribution in [2.24, 2.45) is 5.92 Å². The van der Waals surface area contributed by atoms with Crippen molar-refractivity contribution in [2.45, 2.75) is 95.0 Å². The second kappa shape index (κ2) is 20.1. The molecule has 0 bridgehead atoms. The Kier molecular flexibility index (Phi) is 14.4. The van der Waals surface area contributed by atoms with Gasteiger partial charge in [-0.3, -0.25) is 4.79 Å². The molecule has 0 radical (unpaired) electrons. The highest BCUT2D eigenvalue weighted by atomic mass is 32.2. The molecule has 0 aliphatic carbocycles. The van der Waals surface area contributed by atoms with Gasteiger partial charge in [-0.25, -0.2) is 8.42 Å². The van der Waals surface area contributed by atoms with Crippen molar-refractivity contribution >= 4 is 15.9 Å². The third-order valence-corrected chi connectivity index (χ3v) is 13.1. The molecule has 5 atom stereocenters. The zero-order chi connectivity index (χ0) is 41.2. The molecule has 5 aromatic rings. The third-order valence-electron chi connectivity index (χ3n) is 11.6. The van der Waals surface area contributed by atoms with Crippen LogP contribution in [0.2, 0.25) is 0 Å². The summed E-state index contributed by atoms with van der Waals surface area (Å²) in [5.74, 6) is -0.305. The normalized spacial score (nSPS) is 20.9. The smallest absolute Gasteiger partial charge is 0.241 e. The van der Waals surface area contributed by atoms with Gasteiger partial charge in [0.1, 0.15) is 6.04 Å². The van der Waals surface area contributed by atoms with Gasteiger partial charge in [0.15, 0.2) is 6.29 Å². The van der Waals surface area contributed by atoms with Gasteiger partial charge in [-0.2, -0.15) is 4.72 Å². The Hall–Kier alpha value is -4.68. The maximum atomic E-state index is 13.7. The van der Waals surface area contributed by atoms with Crippen LogP contribution in [0.4, 0.5) is 0 Å². The summed E-state index contributed by atoms with van der Waals surface area (Å²) in [4.78, 5) is 16.4. The van der Waals surface area contributed by atoms with E-state index < -0.39 is 28.3 Å². The quantitative estimate of drug-likeness (QED) is 0.103. The number of aliphatic hydroxyl groups is 1. The Morgan fingerprint density at radius 2 is 1.41 bits per heavy atom. The zero-order valence-electron chi connectivity index (χ0n) is 34.1. The van der Waals surface area contributed by atoms with Gasteiger partial charge in [-0.05, 0) is 96.9 Å². The highest BCUT2D eigenvalue weighted by Crippen LogP contribution is 2.42. The fourth-order valence-corrected chi connectivity index (χ4v) is 9.32. The average molecular weight is 816 g/mol. The number of carbonyl (C=O) groups excluding carboxylic acids is 1. The number of hydrogen-bond donors (Lipinski definition) is 3. The van der Waals surface area contributed by atoms with Crippen LogP contribution >= 0.6 is 0 Å². The predicted octanol–water partition coefficient (Wildman–Crippen LogP) is 8.42. The summed E-state index contributed by atoms with van der Waals surface area (Å²) in [6.07, 6.45) is 5.65. The monoisotopic (exact) mass is 815 g/mol. The first kappa shape index (κ1) is 42.4. The van der Waals surface area contributed by atoms with Crippen LogP contribution in [0.1, 0.15) is 84.8 Å². The van der Waals surface area contributed by atoms with Crippen LogP contribution in [0, 0.1) is 12.8 Å². The SMILES string of the molecule is Cc1ccc(S(=O)(=O)N[C@H](Cc2ccccc2)C(=O)NCc2cccc(-c3cccc([C@@H]4O[C@H](CN5CCCCCCC5)[C@H](C)[C@H](c5ccc(CO)cc5)O4)c3)c2)cc1. The number of likely N-dealkylation sites (tertiary alicyclic amines) is 1. The molecular formula is C49H57N3O6S. The van der Waals surface area contributed by atoms with Crippen LogP contribution in [-0.4, -0.2) is 56.1 Å². The van der Waals surface area contributed by atoms with Crippen LogP contribution < -0.4 is 10.0 Å². The van der Waals surface area contributed by atoms with E-state index in [-0.39, 0.29) is 42.6 Å². The highest BCUT2D eigenvalue weighted by molar-refractivity contribution is 7.89. The molecule has 2 fully saturated rings. The van der Waals surface area contributed by atoms with Crippen molar-refractivity contribution in [3.05, 3.63) is 161 Å². The van der Waals surface area contributed by atoms with Gasteiger partial charge in [0.05, 0.1) is 23.7 Å². The van der Waals surface area contributed by atoms with E-state index >= 15 is 0 Å². The number of benzene rings is 5. The lowest BCUT2D eigenvalue weighted by atomic mass is 9.89. The molecule has 310 valence electrons. The van der Waals surface area contributed by atoms with Crippen molar-refractivity contribution in [1.29, 1.82) is 0 Å². The fourth-order valence-electron chi connectivity index (χ4n) is 8.13. The molecule has 2 aliphatic heterocycles. The molecule has 0 saturated carbocycles. The van der Waals surface area contributed by atoms with Gasteiger partial charge >= 0.3 is 0 Å². The predicted molar refractivity (Wildman–Crippen MR) is 232 cm³/mol. The van der Waals surface area contributed by atoms with E-state index in [0.29, 0.717) is 0 Å². The Bertz CT molecular complexity index is 2220. The van der Waals surface area contributed by atoms with Crippen molar-refractivity contribution in [3.63, 3.8) is 0 Å². The molecule has 10 heteroatoms. The Balaban J connectivity index is 1.08. The van der Waals surface area contributed by atoms with Crippen molar-refractivity contribution in [3.8, 4) is 11.1 Å². The summed E-state index contributed by atoms with van der Waals surface area (Å²) >= 11 is 0. The lowest BCUT2D eigenvalue weighted by Gasteiger charge is -2.43. The van der Waals surface area contributed by atoms with Gasteiger partial charge in [0, 0.05) is 24.6 Å². The van der Waals surface area contributed by atoms with E-state index in [1.807, 2.05) is 79.7 Å². The average Bonchev–Trinajstić information content (AvgIpc) is 3.24. The maximum absolute atomic E-state index is 13.7. The summed E-state index contributed by atoms with van der Waals surface area (Å²) < 4.78 is 43.2. The molecular weight excluding hydrogens is 759 g/mol. The van der Waals surface area contributed by atoms with Crippen molar-refractivity contribution in [2.75, 3.05) is 19.6 Å². The number of ether oxygens (including phenoxy) is 2. The summed E-state index contributed by atoms with van der Waals surface area (Å²) in [6, 6.07) is 39.3. The standard InChI is InChI=1S/C49H57N3O6S/c1-35-19-25-44(26-20-35)59(55,56)51-45(30-37-13-7-6-8-14-37)48(54)50-32-39-15-11-16-41(29-39)42-17-12-18-43(31-42)49-57-46(33-52-27-9-4-3-5-10-28-52)36(2)47(58-49)40-23-21-38(34-53)22-24-40/h6-8,11-26,29,31,36,45-47,49,51,53H,3-5,9-10,27-28,30,32-34H2,1-2H3,(H,50,54)/t36-,45+,46+,47+,49+/m0/s1. The first-order valence-electron chi connectivity index (χ1n) is 21.0. The van der Waals surface area contributed by atoms with E-state index in [9.17, 15) is 18.3 Å². The van der Waals surface area contributed by atoms with Crippen molar-refractivity contribution < 1.29 is 27.8 Å². The maximum Gasteiger partial charge on any atom is 0.241 e. The number of rotatable bonds is 14. The molecule has 2 heterocycles. The number of aliphatic hydroxyl groups excluding tert-OH is 1. The topological polar surface area (TPSA) is 117 Å². The molecule has 7 rings (SSSR count). The van der Waals surface area contributed by atoms with Crippen LogP contribution in [0.5, 0.6) is 0 Å². The lowest BCUT2D eigenvalue weighted by molar-refractivity contribution is -0.276. The molecule has 1 amide bonds. The van der Waals surface area contributed by atoms with Crippen molar-refractivity contribution in [1.82, 2.24) is 14.9 Å². The fraction of sp³-hybridized carbons (Fsp3) is 0.367. The number of carbonyl (C=O) groups is 1. The number of nitrogens with one attached hydrogen (secondary N) is 2. The summed E-state index contributed by atoms with van der Waals surface area (Å²) in [6.45, 7) is 7.33. The summed E-state index contributed by atoms with van der Waals surface area (Å²) in [5.41, 5.74) is 7.48. The van der Waals surface area contributed by atoms with Gasteiger partial charge in [0.25, 0.3) is 0 Å². The molecule has 59 heavy (non-hydrogen) atoms. The van der Waals surface area contributed by atoms with E-state index in [2.05, 4.69) is 52.2 Å². The molecule has 2 aliphatic rings. The molecule has 0 aromatic heterocycles. The van der Waals surface area contributed by atoms with Gasteiger partial charge in [0.2, 0.25) is 15.9 Å². The molecule has 0 unspecified atom stereocenters. The van der Waals surface area contributed by atoms with Gasteiger partial charge < -0.3 is 24.8 Å². The second-order valence-electron chi connectivity index (χ2n) is 16.1. The number of sulfonamides is 1. The lowest BCUT2D eigenvalue weighted by Crippen LogP contribution is -2.47. The van der Waals surface area contributed by atoms with Crippen LogP contribution in [-0.2, 0) is 43.9 Å². The number of aryl methyl sites for hydroxylation is 1. The Morgan fingerprint density at radius 3 is 2.12 bits per heavy atom. The van der Waals surface area contributed by atoms with E-state index in [4.69, 9.17) is 9.47 Å². The molecule has 9 nitrogen and oxygen atoms in total. The minimum Gasteiger partial charge on any atom is -0.392 e. The first-order chi connectivity index (χ1) is 28.6. The van der Waals surface area contributed by atoms with Crippen LogP contribution in [0.25, 0.3) is 11.1 Å². The minimum absolute atomic E-state index is 0.00408. The second-order valence-corrected chi connectivity index (χ2v) is 17.8. The largest absolute Gasteiger partial charge is 0.392 e. The van der Waals surface area contributed by atoms with E-state index in [1.54, 1.807) is 24.3 Å². The Labute approximate surface area is 349 Å². The van der Waals surface area contributed by atoms with Gasteiger partial charge in [-0.1, -0.05) is 135 Å². The summed E-state index contributed by atoms with van der Waals surface area (Å²) in [5, 5.41) is 12.7. The van der Waals surface area contributed by atoms with Crippen LogP contribution in [0.15, 0.2) is 132 Å². The number of amides is 1. The molecule has 5 aromatic carbocycles. The number of hydrogen-bond acceptors (Lipinski definition) is 7. The van der Waals surface area contributed by atoms with E-state index in [1.165, 1.54) is 32.1 Å². The first-order valence-corrected chi connectivity index (χ1v) is 22.5. The Morgan fingerprint density at radius 1 is 0.746 bits per heavy atom. The van der Waals surface area contributed by atoms with E-state index in [0.717, 1.165) is 64.1 Å². The molecule has 0 spiro atoms. The highest BCUT2D eigenvalue weighted by Gasteiger charge is 2.39. The molecule has 2 saturated heterocycles. The molecule has 3 N–H and O–H groups in total. The van der Waals surface area contributed by atoms with Gasteiger partial charge in [-0.15, -0.1) is 0 Å². The number of nitrogens with zero attached hydrogens (tertiary/aromatic N) is 1.